The lowest BCUT2D eigenvalue weighted by atomic mass is 9.69. The van der Waals surface area contributed by atoms with Crippen molar-refractivity contribution in [3.63, 3.8) is 0 Å². The third kappa shape index (κ3) is 2.14. The molecule has 1 aliphatic heterocycles. The van der Waals surface area contributed by atoms with Crippen molar-refractivity contribution in [3.8, 4) is 0 Å². The highest BCUT2D eigenvalue weighted by Crippen LogP contribution is 2.58. The van der Waals surface area contributed by atoms with E-state index in [4.69, 9.17) is 0 Å². The van der Waals surface area contributed by atoms with Crippen LogP contribution < -0.4 is 10.6 Å². The molecule has 1 saturated heterocycles. The fourth-order valence-corrected chi connectivity index (χ4v) is 3.64. The van der Waals surface area contributed by atoms with Crippen LogP contribution in [0.1, 0.15) is 38.5 Å². The molecule has 1 unspecified atom stereocenters. The second kappa shape index (κ2) is 4.47. The van der Waals surface area contributed by atoms with Gasteiger partial charge in [-0.25, -0.2) is 0 Å². The van der Waals surface area contributed by atoms with Gasteiger partial charge in [-0.3, -0.25) is 9.59 Å². The first-order valence-electron chi connectivity index (χ1n) is 7.30. The molecule has 0 radical (unpaired) electrons. The first-order valence-corrected chi connectivity index (χ1v) is 7.30. The molecule has 0 aromatic heterocycles. The SMILES string of the molecule is O=C(NCC1(C(=O)O)CCC1)C1CC12CCNCC2. The van der Waals surface area contributed by atoms with Gasteiger partial charge >= 0.3 is 5.97 Å². The smallest absolute Gasteiger partial charge is 0.311 e. The van der Waals surface area contributed by atoms with Crippen LogP contribution in [0.3, 0.4) is 0 Å². The van der Waals surface area contributed by atoms with Crippen molar-refractivity contribution in [2.24, 2.45) is 16.7 Å². The minimum atomic E-state index is -0.758. The summed E-state index contributed by atoms with van der Waals surface area (Å²) in [6.45, 7) is 2.32. The first kappa shape index (κ1) is 12.9. The van der Waals surface area contributed by atoms with Crippen molar-refractivity contribution in [3.05, 3.63) is 0 Å². The fourth-order valence-electron chi connectivity index (χ4n) is 3.64. The molecule has 2 saturated carbocycles. The van der Waals surface area contributed by atoms with Gasteiger partial charge in [-0.1, -0.05) is 6.42 Å². The van der Waals surface area contributed by atoms with Crippen molar-refractivity contribution < 1.29 is 14.7 Å². The third-order valence-corrected chi connectivity index (χ3v) is 5.47. The first-order chi connectivity index (χ1) is 9.08. The van der Waals surface area contributed by atoms with E-state index in [1.54, 1.807) is 0 Å². The number of rotatable bonds is 4. The summed E-state index contributed by atoms with van der Waals surface area (Å²) in [4.78, 5) is 23.4. The van der Waals surface area contributed by atoms with Gasteiger partial charge < -0.3 is 15.7 Å². The van der Waals surface area contributed by atoms with E-state index in [1.165, 1.54) is 0 Å². The number of carboxylic acid groups (broad SMARTS) is 1. The number of carbonyl (C=O) groups is 2. The molecule has 1 spiro atoms. The third-order valence-electron chi connectivity index (χ3n) is 5.47. The van der Waals surface area contributed by atoms with Crippen molar-refractivity contribution in [2.75, 3.05) is 19.6 Å². The van der Waals surface area contributed by atoms with Crippen molar-refractivity contribution in [1.29, 1.82) is 0 Å². The Balaban J connectivity index is 1.51. The molecule has 3 fully saturated rings. The molecule has 1 amide bonds. The average molecular weight is 266 g/mol. The molecule has 1 heterocycles. The van der Waals surface area contributed by atoms with Gasteiger partial charge in [-0.15, -0.1) is 0 Å². The summed E-state index contributed by atoms with van der Waals surface area (Å²) < 4.78 is 0. The number of hydrogen-bond donors (Lipinski definition) is 3. The van der Waals surface area contributed by atoms with Gasteiger partial charge in [0.15, 0.2) is 0 Å². The Kier molecular flexibility index (Phi) is 3.04. The minimum Gasteiger partial charge on any atom is -0.481 e. The highest BCUT2D eigenvalue weighted by molar-refractivity contribution is 5.84. The lowest BCUT2D eigenvalue weighted by Gasteiger charge is -2.37. The molecule has 0 aromatic carbocycles. The number of amides is 1. The van der Waals surface area contributed by atoms with Gasteiger partial charge in [-0.2, -0.15) is 0 Å². The maximum absolute atomic E-state index is 12.2. The zero-order valence-electron chi connectivity index (χ0n) is 11.2. The van der Waals surface area contributed by atoms with Crippen LogP contribution in [-0.2, 0) is 9.59 Å². The second-order valence-electron chi connectivity index (χ2n) is 6.53. The van der Waals surface area contributed by atoms with E-state index in [0.29, 0.717) is 19.4 Å². The van der Waals surface area contributed by atoms with Crippen LogP contribution in [-0.4, -0.2) is 36.6 Å². The molecular formula is C14H22N2O3. The van der Waals surface area contributed by atoms with E-state index >= 15 is 0 Å². The van der Waals surface area contributed by atoms with Gasteiger partial charge in [0.1, 0.15) is 0 Å². The van der Waals surface area contributed by atoms with Crippen LogP contribution in [0.4, 0.5) is 0 Å². The standard InChI is InChI=1S/C14H22N2O3/c17-11(10-8-13(10)4-6-15-7-5-13)16-9-14(12(18)19)2-1-3-14/h10,15H,1-9H2,(H,16,17)(H,18,19). The largest absolute Gasteiger partial charge is 0.481 e. The molecule has 106 valence electrons. The molecule has 19 heavy (non-hydrogen) atoms. The van der Waals surface area contributed by atoms with E-state index in [2.05, 4.69) is 10.6 Å². The summed E-state index contributed by atoms with van der Waals surface area (Å²) in [6.07, 6.45) is 5.50. The van der Waals surface area contributed by atoms with Crippen LogP contribution in [0.5, 0.6) is 0 Å². The quantitative estimate of drug-likeness (QED) is 0.701. The van der Waals surface area contributed by atoms with E-state index < -0.39 is 11.4 Å². The molecule has 1 atom stereocenters. The number of carbonyl (C=O) groups excluding carboxylic acids is 1. The number of aliphatic carboxylic acids is 1. The Bertz CT molecular complexity index is 397. The van der Waals surface area contributed by atoms with Crippen LogP contribution in [0.25, 0.3) is 0 Å². The maximum Gasteiger partial charge on any atom is 0.311 e. The Morgan fingerprint density at radius 3 is 2.42 bits per heavy atom. The van der Waals surface area contributed by atoms with E-state index in [1.807, 2.05) is 0 Å². The molecule has 0 bridgehead atoms. The minimum absolute atomic E-state index is 0.0782. The van der Waals surface area contributed by atoms with Crippen molar-refractivity contribution in [1.82, 2.24) is 10.6 Å². The van der Waals surface area contributed by atoms with Crippen LogP contribution in [0.2, 0.25) is 0 Å². The topological polar surface area (TPSA) is 78.4 Å². The zero-order valence-corrected chi connectivity index (χ0v) is 11.2. The highest BCUT2D eigenvalue weighted by atomic mass is 16.4. The Morgan fingerprint density at radius 1 is 1.21 bits per heavy atom. The molecule has 3 aliphatic rings. The van der Waals surface area contributed by atoms with Gasteiger partial charge in [0, 0.05) is 12.5 Å². The van der Waals surface area contributed by atoms with Crippen molar-refractivity contribution in [2.45, 2.75) is 38.5 Å². The normalized spacial score (nSPS) is 30.4. The zero-order chi connectivity index (χ0) is 13.5. The monoisotopic (exact) mass is 266 g/mol. The Labute approximate surface area is 113 Å². The Hall–Kier alpha value is -1.10. The summed E-state index contributed by atoms with van der Waals surface area (Å²) in [5.41, 5.74) is -0.447. The summed E-state index contributed by atoms with van der Waals surface area (Å²) in [5, 5.41) is 15.5. The summed E-state index contributed by atoms with van der Waals surface area (Å²) in [7, 11) is 0. The van der Waals surface area contributed by atoms with Crippen LogP contribution in [0.15, 0.2) is 0 Å². The lowest BCUT2D eigenvalue weighted by Crippen LogP contribution is -2.48. The molecule has 2 aliphatic carbocycles. The number of carboxylic acids is 1. The lowest BCUT2D eigenvalue weighted by molar-refractivity contribution is -0.154. The summed E-state index contributed by atoms with van der Waals surface area (Å²) >= 11 is 0. The van der Waals surface area contributed by atoms with Gasteiger partial charge in [-0.05, 0) is 50.6 Å². The molecule has 0 aromatic rings. The second-order valence-corrected chi connectivity index (χ2v) is 6.53. The maximum atomic E-state index is 12.2. The van der Waals surface area contributed by atoms with Crippen LogP contribution >= 0.6 is 0 Å². The summed E-state index contributed by atoms with van der Waals surface area (Å²) in [6, 6.07) is 0. The molecule has 5 heteroatoms. The number of nitrogens with one attached hydrogen (secondary N) is 2. The predicted molar refractivity (Wildman–Crippen MR) is 69.6 cm³/mol. The predicted octanol–water partition coefficient (Wildman–Crippen LogP) is 0.747. The number of piperidine rings is 1. The van der Waals surface area contributed by atoms with Crippen molar-refractivity contribution >= 4 is 11.9 Å². The molecule has 5 nitrogen and oxygen atoms in total. The van der Waals surface area contributed by atoms with Gasteiger partial charge in [0.05, 0.1) is 5.41 Å². The van der Waals surface area contributed by atoms with E-state index in [0.717, 1.165) is 38.8 Å². The molecular weight excluding hydrogens is 244 g/mol. The summed E-state index contributed by atoms with van der Waals surface area (Å²) in [5.74, 6) is -0.554. The van der Waals surface area contributed by atoms with Gasteiger partial charge in [0.25, 0.3) is 0 Å². The van der Waals surface area contributed by atoms with Crippen LogP contribution in [0, 0.1) is 16.7 Å². The fraction of sp³-hybridized carbons (Fsp3) is 0.857. The molecule has 3 rings (SSSR count). The highest BCUT2D eigenvalue weighted by Gasteiger charge is 2.58. The molecule has 3 N–H and O–H groups in total. The van der Waals surface area contributed by atoms with E-state index in [9.17, 15) is 14.7 Å². The van der Waals surface area contributed by atoms with Gasteiger partial charge in [0.2, 0.25) is 5.91 Å². The number of hydrogen-bond acceptors (Lipinski definition) is 3. The Morgan fingerprint density at radius 2 is 1.89 bits per heavy atom. The van der Waals surface area contributed by atoms with E-state index in [-0.39, 0.29) is 17.2 Å². The average Bonchev–Trinajstić information content (AvgIpc) is 3.02.